The third-order valence-corrected chi connectivity index (χ3v) is 3.14. The molecule has 0 saturated carbocycles. The van der Waals surface area contributed by atoms with Gasteiger partial charge in [-0.1, -0.05) is 36.4 Å². The van der Waals surface area contributed by atoms with Crippen molar-refractivity contribution in [3.05, 3.63) is 48.5 Å². The largest absolute Gasteiger partial charge is 0.398 e. The Labute approximate surface area is 95.5 Å². The molecule has 0 heterocycles. The molecule has 16 heavy (non-hydrogen) atoms. The van der Waals surface area contributed by atoms with Crippen LogP contribution in [0.25, 0.3) is 11.1 Å². The first kappa shape index (κ1) is 10.7. The quantitative estimate of drug-likeness (QED) is 0.615. The summed E-state index contributed by atoms with van der Waals surface area (Å²) in [7, 11) is -2.61. The molecular weight excluding hydrogens is 222 g/mol. The molecule has 2 rings (SSSR count). The van der Waals surface area contributed by atoms with Crippen molar-refractivity contribution in [2.24, 2.45) is 0 Å². The van der Waals surface area contributed by atoms with Crippen LogP contribution < -0.4 is 5.73 Å². The SMILES string of the molecule is Nc1ccccc1-c1ccccc1[SH](=O)=O. The van der Waals surface area contributed by atoms with E-state index in [9.17, 15) is 8.42 Å². The third kappa shape index (κ3) is 1.92. The van der Waals surface area contributed by atoms with Crippen LogP contribution in [0.15, 0.2) is 53.4 Å². The first-order valence-electron chi connectivity index (χ1n) is 4.78. The summed E-state index contributed by atoms with van der Waals surface area (Å²) in [5.41, 5.74) is 7.80. The minimum Gasteiger partial charge on any atom is -0.398 e. The fraction of sp³-hybridized carbons (Fsp3) is 0. The molecule has 0 radical (unpaired) electrons. The first-order valence-corrected chi connectivity index (χ1v) is 5.96. The minimum absolute atomic E-state index is 0.301. The Morgan fingerprint density at radius 2 is 1.38 bits per heavy atom. The highest BCUT2D eigenvalue weighted by atomic mass is 32.2. The van der Waals surface area contributed by atoms with Gasteiger partial charge < -0.3 is 5.73 Å². The van der Waals surface area contributed by atoms with Crippen LogP contribution in [-0.2, 0) is 10.7 Å². The van der Waals surface area contributed by atoms with Gasteiger partial charge in [0, 0.05) is 16.8 Å². The molecule has 0 aliphatic carbocycles. The fourth-order valence-corrected chi connectivity index (χ4v) is 2.20. The number of para-hydroxylation sites is 1. The minimum atomic E-state index is -2.61. The molecular formula is C12H11NO2S. The van der Waals surface area contributed by atoms with E-state index >= 15 is 0 Å². The summed E-state index contributed by atoms with van der Waals surface area (Å²) in [4.78, 5) is 0.301. The van der Waals surface area contributed by atoms with Crippen LogP contribution >= 0.6 is 0 Å². The molecule has 0 spiro atoms. The van der Waals surface area contributed by atoms with Gasteiger partial charge in [0.05, 0.1) is 4.90 Å². The molecule has 3 nitrogen and oxygen atoms in total. The zero-order chi connectivity index (χ0) is 11.5. The number of anilines is 1. The van der Waals surface area contributed by atoms with Gasteiger partial charge >= 0.3 is 0 Å². The number of rotatable bonds is 2. The second kappa shape index (κ2) is 4.37. The summed E-state index contributed by atoms with van der Waals surface area (Å²) in [5, 5.41) is 0. The smallest absolute Gasteiger partial charge is 0.168 e. The Kier molecular flexibility index (Phi) is 2.92. The number of nitrogens with two attached hydrogens (primary N) is 1. The van der Waals surface area contributed by atoms with Crippen LogP contribution in [0.2, 0.25) is 0 Å². The number of benzene rings is 2. The van der Waals surface area contributed by atoms with Gasteiger partial charge in [-0.3, -0.25) is 0 Å². The van der Waals surface area contributed by atoms with Gasteiger partial charge in [0.25, 0.3) is 0 Å². The molecule has 2 aromatic rings. The molecule has 0 unspecified atom stereocenters. The Balaban J connectivity index is 2.70. The lowest BCUT2D eigenvalue weighted by Crippen LogP contribution is -1.92. The molecule has 0 aliphatic rings. The van der Waals surface area contributed by atoms with Gasteiger partial charge in [-0.25, -0.2) is 8.42 Å². The predicted molar refractivity (Wildman–Crippen MR) is 64.9 cm³/mol. The van der Waals surface area contributed by atoms with Crippen molar-refractivity contribution in [3.63, 3.8) is 0 Å². The molecule has 0 fully saturated rings. The Bertz CT molecular complexity index is 583. The maximum Gasteiger partial charge on any atom is 0.168 e. The lowest BCUT2D eigenvalue weighted by Gasteiger charge is -2.07. The standard InChI is InChI=1S/C12H11NO2S/c13-11-7-3-1-5-9(11)10-6-2-4-8-12(10)16(14)15/h1-8,16H,13H2. The summed E-state index contributed by atoms with van der Waals surface area (Å²) in [6, 6.07) is 14.0. The van der Waals surface area contributed by atoms with Gasteiger partial charge in [0.2, 0.25) is 0 Å². The van der Waals surface area contributed by atoms with E-state index in [-0.39, 0.29) is 0 Å². The normalized spacial score (nSPS) is 10.6. The van der Waals surface area contributed by atoms with Crippen LogP contribution in [0.5, 0.6) is 0 Å². The summed E-state index contributed by atoms with van der Waals surface area (Å²) < 4.78 is 22.2. The van der Waals surface area contributed by atoms with E-state index < -0.39 is 10.7 Å². The van der Waals surface area contributed by atoms with Crippen molar-refractivity contribution < 1.29 is 8.42 Å². The lowest BCUT2D eigenvalue weighted by atomic mass is 10.0. The van der Waals surface area contributed by atoms with Crippen molar-refractivity contribution in [2.45, 2.75) is 4.90 Å². The van der Waals surface area contributed by atoms with Crippen LogP contribution in [0.4, 0.5) is 5.69 Å². The van der Waals surface area contributed by atoms with Crippen LogP contribution in [-0.4, -0.2) is 8.42 Å². The molecule has 0 saturated heterocycles. The zero-order valence-electron chi connectivity index (χ0n) is 8.46. The molecule has 0 aromatic heterocycles. The second-order valence-corrected chi connectivity index (χ2v) is 4.36. The average molecular weight is 233 g/mol. The highest BCUT2D eigenvalue weighted by molar-refractivity contribution is 7.72. The van der Waals surface area contributed by atoms with Gasteiger partial charge in [-0.2, -0.15) is 0 Å². The Morgan fingerprint density at radius 1 is 0.812 bits per heavy atom. The van der Waals surface area contributed by atoms with Crippen molar-refractivity contribution in [3.8, 4) is 11.1 Å². The van der Waals surface area contributed by atoms with E-state index in [1.54, 1.807) is 30.3 Å². The van der Waals surface area contributed by atoms with Crippen LogP contribution in [0.3, 0.4) is 0 Å². The van der Waals surface area contributed by atoms with Crippen molar-refractivity contribution >= 4 is 16.4 Å². The number of hydrogen-bond donors (Lipinski definition) is 2. The molecule has 82 valence electrons. The highest BCUT2D eigenvalue weighted by Gasteiger charge is 2.08. The summed E-state index contributed by atoms with van der Waals surface area (Å²) in [5.74, 6) is 0. The maximum absolute atomic E-state index is 11.1. The zero-order valence-corrected chi connectivity index (χ0v) is 9.35. The lowest BCUT2D eigenvalue weighted by molar-refractivity contribution is 0.615. The summed E-state index contributed by atoms with van der Waals surface area (Å²) >= 11 is 0. The summed E-state index contributed by atoms with van der Waals surface area (Å²) in [6.45, 7) is 0. The summed E-state index contributed by atoms with van der Waals surface area (Å²) in [6.07, 6.45) is 0. The fourth-order valence-electron chi connectivity index (χ4n) is 1.60. The molecule has 0 aliphatic heterocycles. The molecule has 0 amide bonds. The first-order chi connectivity index (χ1) is 7.70. The molecule has 0 atom stereocenters. The van der Waals surface area contributed by atoms with E-state index in [0.29, 0.717) is 16.1 Å². The Morgan fingerprint density at radius 3 is 2.00 bits per heavy atom. The number of nitrogen functional groups attached to an aromatic ring is 1. The monoisotopic (exact) mass is 233 g/mol. The van der Waals surface area contributed by atoms with E-state index in [1.165, 1.54) is 0 Å². The topological polar surface area (TPSA) is 60.2 Å². The number of thiol groups is 1. The molecule has 2 aromatic carbocycles. The maximum atomic E-state index is 11.1. The third-order valence-electron chi connectivity index (χ3n) is 2.35. The highest BCUT2D eigenvalue weighted by Crippen LogP contribution is 2.29. The van der Waals surface area contributed by atoms with Crippen molar-refractivity contribution in [1.82, 2.24) is 0 Å². The predicted octanol–water partition coefficient (Wildman–Crippen LogP) is 1.91. The number of hydrogen-bond acceptors (Lipinski definition) is 3. The van der Waals surface area contributed by atoms with Gasteiger partial charge in [-0.15, -0.1) is 0 Å². The molecule has 0 bridgehead atoms. The Hall–Kier alpha value is -1.81. The van der Waals surface area contributed by atoms with Crippen molar-refractivity contribution in [1.29, 1.82) is 0 Å². The van der Waals surface area contributed by atoms with E-state index in [1.807, 2.05) is 18.2 Å². The van der Waals surface area contributed by atoms with Crippen LogP contribution in [0, 0.1) is 0 Å². The average Bonchev–Trinajstić information content (AvgIpc) is 2.29. The second-order valence-electron chi connectivity index (χ2n) is 3.36. The van der Waals surface area contributed by atoms with Gasteiger partial charge in [0.15, 0.2) is 10.7 Å². The molecule has 2 N–H and O–H groups in total. The van der Waals surface area contributed by atoms with Crippen molar-refractivity contribution in [2.75, 3.05) is 5.73 Å². The van der Waals surface area contributed by atoms with E-state index in [4.69, 9.17) is 5.73 Å². The van der Waals surface area contributed by atoms with Gasteiger partial charge in [0.1, 0.15) is 0 Å². The van der Waals surface area contributed by atoms with Gasteiger partial charge in [-0.05, 0) is 12.1 Å². The van der Waals surface area contributed by atoms with Crippen LogP contribution in [0.1, 0.15) is 0 Å². The molecule has 4 heteroatoms. The van der Waals surface area contributed by atoms with E-state index in [2.05, 4.69) is 0 Å². The van der Waals surface area contributed by atoms with E-state index in [0.717, 1.165) is 5.56 Å².